The van der Waals surface area contributed by atoms with E-state index in [-0.39, 0.29) is 18.6 Å². The molecule has 184 valence electrons. The highest BCUT2D eigenvalue weighted by Gasteiger charge is 2.55. The van der Waals surface area contributed by atoms with Gasteiger partial charge in [-0.1, -0.05) is 17.7 Å². The molecule has 1 amide bonds. The van der Waals surface area contributed by atoms with Crippen LogP contribution in [-0.4, -0.2) is 65.2 Å². The fourth-order valence-electron chi connectivity index (χ4n) is 4.81. The molecule has 4 heterocycles. The molecule has 1 unspecified atom stereocenters. The summed E-state index contributed by atoms with van der Waals surface area (Å²) >= 11 is 6.16. The van der Waals surface area contributed by atoms with Gasteiger partial charge in [-0.15, -0.1) is 5.10 Å². The zero-order valence-electron chi connectivity index (χ0n) is 19.5. The van der Waals surface area contributed by atoms with Crippen LogP contribution in [0.25, 0.3) is 5.69 Å². The van der Waals surface area contributed by atoms with Crippen molar-refractivity contribution in [3.63, 3.8) is 0 Å². The van der Waals surface area contributed by atoms with Crippen molar-refractivity contribution >= 4 is 23.3 Å². The van der Waals surface area contributed by atoms with Crippen molar-refractivity contribution in [3.8, 4) is 5.69 Å². The van der Waals surface area contributed by atoms with Crippen LogP contribution in [0.2, 0.25) is 5.02 Å². The average molecular weight is 506 g/mol. The molecule has 11 nitrogen and oxygen atoms in total. The molecule has 0 bridgehead atoms. The van der Waals surface area contributed by atoms with Crippen LogP contribution in [0.3, 0.4) is 0 Å². The molecule has 2 N–H and O–H groups in total. The maximum absolute atomic E-state index is 12.8. The van der Waals surface area contributed by atoms with Crippen LogP contribution >= 0.6 is 11.6 Å². The lowest BCUT2D eigenvalue weighted by Crippen LogP contribution is -2.26. The Balaban J connectivity index is 1.09. The molecule has 1 aliphatic heterocycles. The van der Waals surface area contributed by atoms with Gasteiger partial charge in [0, 0.05) is 48.4 Å². The molecule has 1 aromatic carbocycles. The Morgan fingerprint density at radius 1 is 1.19 bits per heavy atom. The molecule has 1 saturated heterocycles. The Hall–Kier alpha value is -3.83. The minimum Gasteiger partial charge on any atom is -0.392 e. The lowest BCUT2D eigenvalue weighted by atomic mass is 10.1. The van der Waals surface area contributed by atoms with Crippen molar-refractivity contribution in [2.45, 2.75) is 26.1 Å². The predicted octanol–water partition coefficient (Wildman–Crippen LogP) is 1.62. The van der Waals surface area contributed by atoms with E-state index in [1.54, 1.807) is 35.3 Å². The quantitative estimate of drug-likeness (QED) is 0.388. The van der Waals surface area contributed by atoms with Crippen LogP contribution in [-0.2, 0) is 13.1 Å². The first kappa shape index (κ1) is 22.6. The highest BCUT2D eigenvalue weighted by Crippen LogP contribution is 2.46. The van der Waals surface area contributed by atoms with Gasteiger partial charge in [0.05, 0.1) is 30.1 Å². The Labute approximate surface area is 211 Å². The number of nitrogens with zero attached hydrogens (tertiary/aromatic N) is 8. The number of amides is 1. The van der Waals surface area contributed by atoms with Crippen molar-refractivity contribution in [3.05, 3.63) is 76.5 Å². The molecular formula is C24H24ClN9O2. The molecule has 12 heteroatoms. The number of hydrogen-bond donors (Lipinski definition) is 2. The number of nitrogens with one attached hydrogen (secondary N) is 1. The van der Waals surface area contributed by atoms with Gasteiger partial charge >= 0.3 is 0 Å². The van der Waals surface area contributed by atoms with Gasteiger partial charge in [-0.3, -0.25) is 9.48 Å². The number of rotatable bonds is 7. The first-order chi connectivity index (χ1) is 17.5. The van der Waals surface area contributed by atoms with E-state index < -0.39 is 0 Å². The second-order valence-corrected chi connectivity index (χ2v) is 9.71. The van der Waals surface area contributed by atoms with E-state index in [0.717, 1.165) is 41.4 Å². The first-order valence-corrected chi connectivity index (χ1v) is 12.1. The Bertz CT molecular complexity index is 1410. The number of aryl methyl sites for hydroxylation is 1. The van der Waals surface area contributed by atoms with Gasteiger partial charge in [0.2, 0.25) is 0 Å². The molecule has 1 saturated carbocycles. The van der Waals surface area contributed by atoms with Crippen LogP contribution in [0.15, 0.2) is 49.1 Å². The first-order valence-electron chi connectivity index (χ1n) is 11.7. The minimum atomic E-state index is -0.246. The van der Waals surface area contributed by atoms with E-state index in [1.807, 2.05) is 13.0 Å². The van der Waals surface area contributed by atoms with Gasteiger partial charge in [-0.25, -0.2) is 9.67 Å². The third-order valence-electron chi connectivity index (χ3n) is 6.96. The summed E-state index contributed by atoms with van der Waals surface area (Å²) in [5.41, 5.74) is 3.92. The smallest absolute Gasteiger partial charge is 0.254 e. The summed E-state index contributed by atoms with van der Waals surface area (Å²) in [5.74, 6) is 1.48. The highest BCUT2D eigenvalue weighted by molar-refractivity contribution is 6.30. The highest BCUT2D eigenvalue weighted by atomic mass is 35.5. The number of carbonyl (C=O) groups is 1. The van der Waals surface area contributed by atoms with Crippen molar-refractivity contribution < 1.29 is 9.90 Å². The summed E-state index contributed by atoms with van der Waals surface area (Å²) in [6, 6.07) is 9.39. The van der Waals surface area contributed by atoms with E-state index in [1.165, 1.54) is 11.0 Å². The second-order valence-electron chi connectivity index (χ2n) is 9.27. The van der Waals surface area contributed by atoms with Crippen molar-refractivity contribution in [1.29, 1.82) is 0 Å². The number of piperidine rings is 1. The number of aliphatic hydroxyl groups is 1. The molecule has 4 aromatic rings. The molecule has 3 atom stereocenters. The molecule has 3 aromatic heterocycles. The van der Waals surface area contributed by atoms with E-state index in [0.29, 0.717) is 29.0 Å². The molecular weight excluding hydrogens is 482 g/mol. The van der Waals surface area contributed by atoms with Crippen LogP contribution in [0.5, 0.6) is 0 Å². The number of benzene rings is 1. The number of anilines is 1. The fourth-order valence-corrected chi connectivity index (χ4v) is 5.01. The number of hydrogen-bond acceptors (Lipinski definition) is 8. The molecule has 0 radical (unpaired) electrons. The summed E-state index contributed by atoms with van der Waals surface area (Å²) in [4.78, 5) is 19.8. The molecule has 1 aliphatic carbocycles. The lowest BCUT2D eigenvalue weighted by molar-refractivity contribution is 0.0951. The van der Waals surface area contributed by atoms with Gasteiger partial charge in [0.15, 0.2) is 0 Å². The normalized spacial score (nSPS) is 20.4. The SMILES string of the molecule is Cc1nc(N2C[C@@H]3C(O)[C@@H]3C2)ccc1Cn1cc(C(=O)NCc2cc(Cl)ccc2-n2cnnn2)cn1. The fraction of sp³-hybridized carbons (Fsp3) is 0.333. The van der Waals surface area contributed by atoms with Crippen molar-refractivity contribution in [1.82, 2.24) is 40.3 Å². The van der Waals surface area contributed by atoms with Gasteiger partial charge in [-0.2, -0.15) is 5.10 Å². The minimum absolute atomic E-state index is 0.133. The predicted molar refractivity (Wildman–Crippen MR) is 131 cm³/mol. The van der Waals surface area contributed by atoms with E-state index in [2.05, 4.69) is 36.9 Å². The second kappa shape index (κ2) is 8.99. The van der Waals surface area contributed by atoms with Gasteiger partial charge in [-0.05, 0) is 52.7 Å². The van der Waals surface area contributed by atoms with Crippen LogP contribution in [0.1, 0.15) is 27.2 Å². The Morgan fingerprint density at radius 2 is 2.03 bits per heavy atom. The lowest BCUT2D eigenvalue weighted by Gasteiger charge is -2.21. The van der Waals surface area contributed by atoms with Gasteiger partial charge < -0.3 is 15.3 Å². The Morgan fingerprint density at radius 3 is 2.78 bits per heavy atom. The topological polar surface area (TPSA) is 127 Å². The van der Waals surface area contributed by atoms with Crippen LogP contribution in [0, 0.1) is 18.8 Å². The third kappa shape index (κ3) is 4.31. The monoisotopic (exact) mass is 505 g/mol. The maximum atomic E-state index is 12.8. The number of aliphatic hydroxyl groups excluding tert-OH is 1. The number of carbonyl (C=O) groups excluding carboxylic acids is 1. The number of tetrazole rings is 1. The standard InChI is InChI=1S/C24H24ClN9O2/c1-14-15(2-5-22(29-14)32-11-19-20(12-32)23(19)35)9-33-10-17(8-28-33)24(36)26-7-16-6-18(25)3-4-21(16)34-13-27-30-31-34/h2-6,8,10,13,19-20,23,35H,7,9,11-12H2,1H3,(H,26,36)/t19-,20+,23?. The number of halogens is 1. The van der Waals surface area contributed by atoms with Gasteiger partial charge in [0.25, 0.3) is 5.91 Å². The zero-order chi connectivity index (χ0) is 24.8. The molecule has 2 aliphatic rings. The van der Waals surface area contributed by atoms with Crippen molar-refractivity contribution in [2.75, 3.05) is 18.0 Å². The molecule has 2 fully saturated rings. The molecule has 0 spiro atoms. The summed E-state index contributed by atoms with van der Waals surface area (Å²) in [7, 11) is 0. The summed E-state index contributed by atoms with van der Waals surface area (Å²) in [5, 5.41) is 28.8. The number of fused-ring (bicyclic) bond motifs is 1. The largest absolute Gasteiger partial charge is 0.392 e. The summed E-state index contributed by atoms with van der Waals surface area (Å²) in [6.07, 6.45) is 4.62. The van der Waals surface area contributed by atoms with Crippen LogP contribution in [0.4, 0.5) is 5.82 Å². The average Bonchev–Trinajstić information content (AvgIpc) is 3.44. The zero-order valence-corrected chi connectivity index (χ0v) is 20.2. The molecule has 6 rings (SSSR count). The van der Waals surface area contributed by atoms with Gasteiger partial charge in [0.1, 0.15) is 12.1 Å². The number of pyridine rings is 1. The van der Waals surface area contributed by atoms with Crippen LogP contribution < -0.4 is 10.2 Å². The van der Waals surface area contributed by atoms with E-state index in [9.17, 15) is 9.90 Å². The van der Waals surface area contributed by atoms with E-state index in [4.69, 9.17) is 16.6 Å². The third-order valence-corrected chi connectivity index (χ3v) is 7.19. The summed E-state index contributed by atoms with van der Waals surface area (Å²) in [6.45, 7) is 4.46. The van der Waals surface area contributed by atoms with E-state index >= 15 is 0 Å². The Kier molecular flexibility index (Phi) is 5.65. The number of aromatic nitrogens is 7. The maximum Gasteiger partial charge on any atom is 0.254 e. The summed E-state index contributed by atoms with van der Waals surface area (Å²) < 4.78 is 3.25. The molecule has 36 heavy (non-hydrogen) atoms. The van der Waals surface area contributed by atoms with Crippen molar-refractivity contribution in [2.24, 2.45) is 11.8 Å².